The minimum Gasteiger partial charge on any atom is -0.657 e. The first-order valence-corrected chi connectivity index (χ1v) is 19.4. The normalized spacial score (nSPS) is 11.5. The van der Waals surface area contributed by atoms with E-state index in [-0.39, 0.29) is 19.5 Å². The van der Waals surface area contributed by atoms with Crippen LogP contribution in [-0.2, 0) is 19.5 Å². The number of hydrogen-bond acceptors (Lipinski definition) is 2. The summed E-state index contributed by atoms with van der Waals surface area (Å²) in [5, 5.41) is 0. The Morgan fingerprint density at radius 3 is 0.789 bits per heavy atom. The summed E-state index contributed by atoms with van der Waals surface area (Å²) in [6.07, 6.45) is 10.8. The molecule has 9 rings (SSSR count). The van der Waals surface area contributed by atoms with E-state index in [0.717, 1.165) is 95.8 Å². The summed E-state index contributed by atoms with van der Waals surface area (Å²) in [6, 6.07) is 43.0. The molecule has 4 aromatic carbocycles. The molecule has 0 radical (unpaired) electrons. The van der Waals surface area contributed by atoms with Crippen molar-refractivity contribution in [2.24, 2.45) is 0 Å². The summed E-state index contributed by atoms with van der Waals surface area (Å²) in [5.74, 6) is 0. The van der Waals surface area contributed by atoms with Gasteiger partial charge >= 0.3 is 19.5 Å². The third kappa shape index (κ3) is 8.17. The van der Waals surface area contributed by atoms with E-state index < -0.39 is 0 Å². The quantitative estimate of drug-likeness (QED) is 0.128. The molecular weight excluding hydrogens is 784 g/mol. The van der Waals surface area contributed by atoms with Crippen LogP contribution in [0.1, 0.15) is 64.8 Å². The van der Waals surface area contributed by atoms with Crippen LogP contribution in [0.3, 0.4) is 0 Å². The van der Waals surface area contributed by atoms with Crippen molar-refractivity contribution in [2.75, 3.05) is 0 Å². The van der Waals surface area contributed by atoms with Crippen LogP contribution in [0.25, 0.3) is 90.9 Å². The van der Waals surface area contributed by atoms with Crippen molar-refractivity contribution in [2.45, 2.75) is 47.5 Å². The summed E-state index contributed by atoms with van der Waals surface area (Å²) in [6.45, 7) is 14.2. The van der Waals surface area contributed by atoms with Crippen molar-refractivity contribution in [3.8, 4) is 44.5 Å². The number of fused-ring (bicyclic) bond motifs is 8. The van der Waals surface area contributed by atoms with Crippen molar-refractivity contribution >= 4 is 46.4 Å². The molecular formula is C52H45N4Rh. The minimum atomic E-state index is 0. The van der Waals surface area contributed by atoms with E-state index in [0.29, 0.717) is 0 Å². The van der Waals surface area contributed by atoms with Crippen molar-refractivity contribution in [3.05, 3.63) is 173 Å². The Hall–Kier alpha value is -5.90. The Kier molecular flexibility index (Phi) is 11.8. The summed E-state index contributed by atoms with van der Waals surface area (Å²) in [5.41, 5.74) is 19.9. The Labute approximate surface area is 349 Å². The first-order valence-electron chi connectivity index (χ1n) is 19.4. The molecule has 0 unspecified atom stereocenters. The first kappa shape index (κ1) is 39.3. The number of benzene rings is 4. The third-order valence-corrected chi connectivity index (χ3v) is 10.3. The van der Waals surface area contributed by atoms with Crippen LogP contribution in [0.4, 0.5) is 0 Å². The molecule has 2 aliphatic rings. The molecule has 2 aliphatic heterocycles. The minimum absolute atomic E-state index is 0. The summed E-state index contributed by atoms with van der Waals surface area (Å²) in [4.78, 5) is 21.5. The topological polar surface area (TPSA) is 54.0 Å². The van der Waals surface area contributed by atoms with E-state index in [1.165, 1.54) is 28.7 Å². The van der Waals surface area contributed by atoms with Crippen LogP contribution in [0.15, 0.2) is 121 Å². The van der Waals surface area contributed by atoms with E-state index in [1.54, 1.807) is 0 Å². The molecule has 5 heteroatoms. The molecule has 0 saturated heterocycles. The van der Waals surface area contributed by atoms with Gasteiger partial charge < -0.3 is 16.9 Å². The van der Waals surface area contributed by atoms with Crippen LogP contribution in [0.2, 0.25) is 0 Å². The van der Waals surface area contributed by atoms with Crippen LogP contribution in [0, 0.1) is 34.6 Å². The Bertz CT molecular complexity index is 2390. The molecule has 5 heterocycles. The van der Waals surface area contributed by atoms with Crippen LogP contribution < -0.4 is 9.97 Å². The van der Waals surface area contributed by atoms with E-state index in [2.05, 4.69) is 187 Å². The maximum atomic E-state index is 5.37. The summed E-state index contributed by atoms with van der Waals surface area (Å²) in [7, 11) is 0. The zero-order valence-electron chi connectivity index (χ0n) is 33.1. The molecule has 0 fully saturated rings. The van der Waals surface area contributed by atoms with Gasteiger partial charge in [0.05, 0.1) is 22.8 Å². The van der Waals surface area contributed by atoms with E-state index >= 15 is 0 Å². The number of nitrogens with zero attached hydrogens (tertiary/aromatic N) is 4. The molecule has 4 nitrogen and oxygen atoms in total. The predicted molar refractivity (Wildman–Crippen MR) is 238 cm³/mol. The molecule has 282 valence electrons. The molecule has 57 heavy (non-hydrogen) atoms. The largest absolute Gasteiger partial charge is 3.00 e. The third-order valence-electron chi connectivity index (χ3n) is 10.3. The van der Waals surface area contributed by atoms with E-state index in [4.69, 9.17) is 19.9 Å². The van der Waals surface area contributed by atoms with Gasteiger partial charge in [0.1, 0.15) is 0 Å². The average molecular weight is 829 g/mol. The van der Waals surface area contributed by atoms with Crippen LogP contribution >= 0.6 is 0 Å². The van der Waals surface area contributed by atoms with Gasteiger partial charge in [0.2, 0.25) is 0 Å². The van der Waals surface area contributed by atoms with Gasteiger partial charge in [-0.25, -0.2) is 9.97 Å². The Morgan fingerprint density at radius 2 is 0.596 bits per heavy atom. The van der Waals surface area contributed by atoms with Crippen molar-refractivity contribution in [3.63, 3.8) is 0 Å². The standard InChI is InChI=1S/C48H36N4.C4H9.Rh/c1-29-5-13-33(14-6-29)45-37-21-23-39(49-37)46(34-15-7-30(2)8-16-34)41-25-27-43(51-41)48(36-19-11-32(4)12-20-36)44-28-26-42(52-44)47(40-24-22-38(45)50-40)35-17-9-31(3)10-18-35;1-3-4-2;/h5-28H,1-4H3;1,3-4H2,2H3;/q-2;-1;+3. The maximum Gasteiger partial charge on any atom is 3.00 e. The molecule has 0 N–H and O–H groups in total. The monoisotopic (exact) mass is 828 g/mol. The van der Waals surface area contributed by atoms with Crippen molar-refractivity contribution in [1.29, 1.82) is 0 Å². The molecule has 0 aliphatic carbocycles. The second kappa shape index (κ2) is 17.1. The molecule has 0 atom stereocenters. The molecule has 3 aromatic heterocycles. The predicted octanol–water partition coefficient (Wildman–Crippen LogP) is 13.4. The van der Waals surface area contributed by atoms with Gasteiger partial charge in [-0.2, -0.15) is 6.42 Å². The van der Waals surface area contributed by atoms with Crippen LogP contribution in [-0.4, -0.2) is 9.97 Å². The molecule has 0 saturated carbocycles. The van der Waals surface area contributed by atoms with Gasteiger partial charge in [-0.1, -0.05) is 157 Å². The average Bonchev–Trinajstić information content (AvgIpc) is 4.06. The SMILES string of the molecule is Cc1ccc(-c2c3nc(c(-c4ccc(C)cc4)c4ccc([n-]4)c(-c4ccc(C)cc4)c4nc(c(-c5ccc(C)cc5)c5ccc2[n-]5)C=C4)C=C3)cc1.[CH2-]CCC.[Rh+3]. The number of aryl methyl sites for hydroxylation is 4. The smallest absolute Gasteiger partial charge is 0.657 e. The first-order chi connectivity index (χ1) is 27.3. The number of hydrogen-bond donors (Lipinski definition) is 0. The van der Waals surface area contributed by atoms with Gasteiger partial charge in [0.15, 0.2) is 0 Å². The van der Waals surface area contributed by atoms with Gasteiger partial charge in [0.25, 0.3) is 0 Å². The second-order valence-corrected chi connectivity index (χ2v) is 14.7. The summed E-state index contributed by atoms with van der Waals surface area (Å²) >= 11 is 0. The number of aromatic nitrogens is 4. The zero-order chi connectivity index (χ0) is 38.8. The molecule has 7 aromatic rings. The molecule has 0 amide bonds. The fraction of sp³-hybridized carbons (Fsp3) is 0.135. The van der Waals surface area contributed by atoms with Gasteiger partial charge in [-0.15, -0.1) is 22.1 Å². The van der Waals surface area contributed by atoms with E-state index in [9.17, 15) is 0 Å². The van der Waals surface area contributed by atoms with E-state index in [1.807, 2.05) is 0 Å². The number of rotatable bonds is 5. The fourth-order valence-corrected chi connectivity index (χ4v) is 7.15. The van der Waals surface area contributed by atoms with Crippen LogP contribution in [0.5, 0.6) is 0 Å². The summed E-state index contributed by atoms with van der Waals surface area (Å²) < 4.78 is 0. The molecule has 8 bridgehead atoms. The van der Waals surface area contributed by atoms with Crippen molar-refractivity contribution < 1.29 is 19.5 Å². The Balaban J connectivity index is 0.000000949. The van der Waals surface area contributed by atoms with Gasteiger partial charge in [-0.05, 0) is 96.5 Å². The molecule has 0 spiro atoms. The van der Waals surface area contributed by atoms with Gasteiger partial charge in [-0.3, -0.25) is 0 Å². The van der Waals surface area contributed by atoms with Gasteiger partial charge in [0, 0.05) is 0 Å². The number of unbranched alkanes of at least 4 members (excludes halogenated alkanes) is 1. The Morgan fingerprint density at radius 1 is 0.386 bits per heavy atom. The fourth-order valence-electron chi connectivity index (χ4n) is 7.15. The van der Waals surface area contributed by atoms with Crippen molar-refractivity contribution in [1.82, 2.24) is 19.9 Å². The second-order valence-electron chi connectivity index (χ2n) is 14.7. The zero-order valence-corrected chi connectivity index (χ0v) is 34.7. The maximum absolute atomic E-state index is 5.37.